The van der Waals surface area contributed by atoms with E-state index in [1.54, 1.807) is 0 Å². The van der Waals surface area contributed by atoms with Gasteiger partial charge < -0.3 is 5.32 Å². The average Bonchev–Trinajstić information content (AvgIpc) is 2.89. The summed E-state index contributed by atoms with van der Waals surface area (Å²) in [5, 5.41) is 7.80. The Hall–Kier alpha value is -1.36. The molecule has 2 aromatic rings. The molecule has 1 saturated heterocycles. The molecule has 0 spiro atoms. The fourth-order valence-corrected chi connectivity index (χ4v) is 2.35. The smallest absolute Gasteiger partial charge is 0.0649 e. The van der Waals surface area contributed by atoms with Crippen molar-refractivity contribution in [2.45, 2.75) is 6.54 Å². The molecule has 0 amide bonds. The number of rotatable bonds is 3. The summed E-state index contributed by atoms with van der Waals surface area (Å²) in [5.74, 6) is 0. The first kappa shape index (κ1) is 14.1. The van der Waals surface area contributed by atoms with E-state index in [1.165, 1.54) is 5.69 Å². The number of halogens is 1. The monoisotopic (exact) mass is 278 g/mol. The molecule has 2 heterocycles. The normalized spacial score (nSPS) is 16.0. The number of hydrogen-bond acceptors (Lipinski definition) is 3. The van der Waals surface area contributed by atoms with Crippen LogP contribution in [-0.2, 0) is 6.54 Å². The predicted molar refractivity (Wildman–Crippen MR) is 79.0 cm³/mol. The van der Waals surface area contributed by atoms with Gasteiger partial charge in [0.2, 0.25) is 0 Å². The van der Waals surface area contributed by atoms with Crippen molar-refractivity contribution >= 4 is 12.4 Å². The Kier molecular flexibility index (Phi) is 4.96. The summed E-state index contributed by atoms with van der Waals surface area (Å²) >= 11 is 0. The second kappa shape index (κ2) is 6.70. The molecule has 1 aromatic carbocycles. The molecule has 3 rings (SSSR count). The van der Waals surface area contributed by atoms with Gasteiger partial charge in [0.25, 0.3) is 0 Å². The van der Waals surface area contributed by atoms with Crippen LogP contribution in [0.2, 0.25) is 0 Å². The van der Waals surface area contributed by atoms with Gasteiger partial charge in [0, 0.05) is 38.9 Å². The third-order valence-electron chi connectivity index (χ3n) is 3.32. The lowest BCUT2D eigenvalue weighted by Gasteiger charge is -2.27. The highest BCUT2D eigenvalue weighted by molar-refractivity contribution is 5.85. The lowest BCUT2D eigenvalue weighted by atomic mass is 10.3. The first-order chi connectivity index (χ1) is 8.93. The fraction of sp³-hybridized carbons (Fsp3) is 0.357. The van der Waals surface area contributed by atoms with Crippen LogP contribution in [0.3, 0.4) is 0 Å². The summed E-state index contributed by atoms with van der Waals surface area (Å²) in [6.07, 6.45) is 1.88. The first-order valence-corrected chi connectivity index (χ1v) is 6.45. The van der Waals surface area contributed by atoms with Crippen LogP contribution < -0.4 is 5.32 Å². The quantitative estimate of drug-likeness (QED) is 0.928. The van der Waals surface area contributed by atoms with Crippen molar-refractivity contribution in [1.29, 1.82) is 0 Å². The van der Waals surface area contributed by atoms with Crippen LogP contribution >= 0.6 is 12.4 Å². The van der Waals surface area contributed by atoms with Crippen LogP contribution in [0, 0.1) is 0 Å². The Balaban J connectivity index is 0.00000133. The van der Waals surface area contributed by atoms with Crippen LogP contribution in [0.1, 0.15) is 5.69 Å². The molecule has 5 heteroatoms. The summed E-state index contributed by atoms with van der Waals surface area (Å²) < 4.78 is 2.03. The van der Waals surface area contributed by atoms with Gasteiger partial charge in [0.1, 0.15) is 0 Å². The van der Waals surface area contributed by atoms with Gasteiger partial charge in [-0.25, -0.2) is 4.68 Å². The van der Waals surface area contributed by atoms with E-state index in [-0.39, 0.29) is 12.4 Å². The maximum atomic E-state index is 4.43. The average molecular weight is 279 g/mol. The first-order valence-electron chi connectivity index (χ1n) is 6.45. The van der Waals surface area contributed by atoms with Gasteiger partial charge in [-0.3, -0.25) is 4.90 Å². The zero-order valence-electron chi connectivity index (χ0n) is 10.8. The minimum atomic E-state index is 0. The van der Waals surface area contributed by atoms with E-state index in [0.29, 0.717) is 0 Å². The Bertz CT molecular complexity index is 491. The summed E-state index contributed by atoms with van der Waals surface area (Å²) in [6, 6.07) is 12.4. The number of hydrogen-bond donors (Lipinski definition) is 1. The summed E-state index contributed by atoms with van der Waals surface area (Å²) in [7, 11) is 0. The summed E-state index contributed by atoms with van der Waals surface area (Å²) in [4.78, 5) is 2.47. The van der Waals surface area contributed by atoms with Crippen molar-refractivity contribution in [2.75, 3.05) is 26.2 Å². The second-order valence-electron chi connectivity index (χ2n) is 4.60. The van der Waals surface area contributed by atoms with Gasteiger partial charge in [-0.1, -0.05) is 18.2 Å². The molecule has 1 aliphatic rings. The highest BCUT2D eigenvalue weighted by atomic mass is 35.5. The largest absolute Gasteiger partial charge is 0.314 e. The number of benzene rings is 1. The third-order valence-corrected chi connectivity index (χ3v) is 3.32. The molecule has 19 heavy (non-hydrogen) atoms. The van der Waals surface area contributed by atoms with Gasteiger partial charge in [0.15, 0.2) is 0 Å². The fourth-order valence-electron chi connectivity index (χ4n) is 2.35. The molecule has 1 fully saturated rings. The van der Waals surface area contributed by atoms with Crippen molar-refractivity contribution in [3.05, 3.63) is 48.3 Å². The van der Waals surface area contributed by atoms with Gasteiger partial charge in [0.05, 0.1) is 11.4 Å². The lowest BCUT2D eigenvalue weighted by molar-refractivity contribution is 0.229. The van der Waals surface area contributed by atoms with E-state index in [1.807, 2.05) is 29.1 Å². The van der Waals surface area contributed by atoms with Crippen molar-refractivity contribution in [3.8, 4) is 5.69 Å². The van der Waals surface area contributed by atoms with E-state index in [0.717, 1.165) is 38.4 Å². The molecule has 1 aromatic heterocycles. The number of nitrogens with one attached hydrogen (secondary N) is 1. The van der Waals surface area contributed by atoms with Crippen molar-refractivity contribution in [1.82, 2.24) is 20.0 Å². The van der Waals surface area contributed by atoms with Crippen LogP contribution in [0.25, 0.3) is 5.69 Å². The lowest BCUT2D eigenvalue weighted by Crippen LogP contribution is -2.43. The van der Waals surface area contributed by atoms with Gasteiger partial charge in [-0.15, -0.1) is 12.4 Å². The van der Waals surface area contributed by atoms with E-state index in [9.17, 15) is 0 Å². The maximum Gasteiger partial charge on any atom is 0.0649 e. The van der Waals surface area contributed by atoms with Gasteiger partial charge in [-0.05, 0) is 18.2 Å². The van der Waals surface area contributed by atoms with Crippen LogP contribution in [-0.4, -0.2) is 40.9 Å². The van der Waals surface area contributed by atoms with Crippen molar-refractivity contribution < 1.29 is 0 Å². The highest BCUT2D eigenvalue weighted by Crippen LogP contribution is 2.12. The molecule has 1 N–H and O–H groups in total. The van der Waals surface area contributed by atoms with Gasteiger partial charge >= 0.3 is 0 Å². The molecular weight excluding hydrogens is 260 g/mol. The van der Waals surface area contributed by atoms with E-state index in [2.05, 4.69) is 33.5 Å². The molecule has 102 valence electrons. The second-order valence-corrected chi connectivity index (χ2v) is 4.60. The van der Waals surface area contributed by atoms with E-state index < -0.39 is 0 Å². The highest BCUT2D eigenvalue weighted by Gasteiger charge is 2.12. The molecule has 4 nitrogen and oxygen atoms in total. The maximum absolute atomic E-state index is 4.43. The number of nitrogens with zero attached hydrogens (tertiary/aromatic N) is 3. The number of aromatic nitrogens is 2. The molecule has 0 aliphatic carbocycles. The standard InChI is InChI=1S/C14H18N4.ClH/c1-2-4-13(5-3-1)18-14(6-7-16-18)12-17-10-8-15-9-11-17;/h1-7,15H,8-12H2;1H. The molecular formula is C14H19ClN4. The molecule has 1 aliphatic heterocycles. The molecule has 0 unspecified atom stereocenters. The Morgan fingerprint density at radius 2 is 1.79 bits per heavy atom. The SMILES string of the molecule is Cl.c1ccc(-n2nccc2CN2CCNCC2)cc1. The Labute approximate surface area is 119 Å². The van der Waals surface area contributed by atoms with E-state index >= 15 is 0 Å². The number of para-hydroxylation sites is 1. The molecule has 0 saturated carbocycles. The number of piperazine rings is 1. The zero-order chi connectivity index (χ0) is 12.2. The van der Waals surface area contributed by atoms with Crippen LogP contribution in [0.4, 0.5) is 0 Å². The van der Waals surface area contributed by atoms with Crippen molar-refractivity contribution in [3.63, 3.8) is 0 Å². The molecule has 0 bridgehead atoms. The molecule has 0 radical (unpaired) electrons. The Morgan fingerprint density at radius 1 is 1.05 bits per heavy atom. The Morgan fingerprint density at radius 3 is 2.53 bits per heavy atom. The topological polar surface area (TPSA) is 33.1 Å². The minimum absolute atomic E-state index is 0. The van der Waals surface area contributed by atoms with Crippen LogP contribution in [0.15, 0.2) is 42.6 Å². The zero-order valence-corrected chi connectivity index (χ0v) is 11.6. The summed E-state index contributed by atoms with van der Waals surface area (Å²) in [6.45, 7) is 5.36. The molecule has 0 atom stereocenters. The summed E-state index contributed by atoms with van der Waals surface area (Å²) in [5.41, 5.74) is 2.38. The van der Waals surface area contributed by atoms with Crippen molar-refractivity contribution in [2.24, 2.45) is 0 Å². The minimum Gasteiger partial charge on any atom is -0.314 e. The third kappa shape index (κ3) is 3.35. The van der Waals surface area contributed by atoms with E-state index in [4.69, 9.17) is 0 Å². The predicted octanol–water partition coefficient (Wildman–Crippen LogP) is 1.70. The van der Waals surface area contributed by atoms with Crippen LogP contribution in [0.5, 0.6) is 0 Å². The van der Waals surface area contributed by atoms with Gasteiger partial charge in [-0.2, -0.15) is 5.10 Å².